The van der Waals surface area contributed by atoms with E-state index in [0.29, 0.717) is 30.6 Å². The highest BCUT2D eigenvalue weighted by molar-refractivity contribution is 7.88. The fraction of sp³-hybridized carbons (Fsp3) is 0.333. The van der Waals surface area contributed by atoms with E-state index in [1.807, 2.05) is 18.2 Å². The Morgan fingerprint density at radius 3 is 2.57 bits per heavy atom. The maximum Gasteiger partial charge on any atom is 0.228 e. The Kier molecular flexibility index (Phi) is 6.26. The third kappa shape index (κ3) is 5.05. The lowest BCUT2D eigenvalue weighted by molar-refractivity contribution is -0.120. The van der Waals surface area contributed by atoms with Gasteiger partial charge in [0, 0.05) is 24.3 Å². The largest absolute Gasteiger partial charge is 0.326 e. The molecule has 0 radical (unpaired) electrons. The Hall–Kier alpha value is -2.51. The fourth-order valence-electron chi connectivity index (χ4n) is 3.35. The second kappa shape index (κ2) is 8.67. The minimum Gasteiger partial charge on any atom is -0.326 e. The van der Waals surface area contributed by atoms with E-state index in [0.717, 1.165) is 5.56 Å². The van der Waals surface area contributed by atoms with Gasteiger partial charge in [0.25, 0.3) is 0 Å². The van der Waals surface area contributed by atoms with E-state index in [1.165, 1.54) is 11.2 Å². The third-order valence-corrected chi connectivity index (χ3v) is 6.69. The third-order valence-electron chi connectivity index (χ3n) is 4.88. The molecule has 1 N–H and O–H groups in total. The Morgan fingerprint density at radius 2 is 1.86 bits per heavy atom. The van der Waals surface area contributed by atoms with Crippen molar-refractivity contribution < 1.29 is 18.0 Å². The number of hydrogen-bond donors (Lipinski definition) is 1. The molecule has 1 aliphatic rings. The van der Waals surface area contributed by atoms with Crippen LogP contribution in [0.3, 0.4) is 0 Å². The number of carbonyl (C=O) groups is 2. The number of carbonyl (C=O) groups excluding carboxylic acids is 2. The van der Waals surface area contributed by atoms with Crippen molar-refractivity contribution in [3.63, 3.8) is 0 Å². The van der Waals surface area contributed by atoms with Gasteiger partial charge in [-0.05, 0) is 37.5 Å². The van der Waals surface area contributed by atoms with Crippen LogP contribution in [0.5, 0.6) is 0 Å². The van der Waals surface area contributed by atoms with Gasteiger partial charge in [0.05, 0.1) is 11.7 Å². The van der Waals surface area contributed by atoms with E-state index < -0.39 is 15.9 Å². The zero-order valence-corrected chi connectivity index (χ0v) is 16.6. The summed E-state index contributed by atoms with van der Waals surface area (Å²) in [7, 11) is -3.48. The highest BCUT2D eigenvalue weighted by Gasteiger charge is 2.32. The summed E-state index contributed by atoms with van der Waals surface area (Å²) in [6.07, 6.45) is 1.27. The molecule has 1 atom stereocenters. The molecule has 1 fully saturated rings. The van der Waals surface area contributed by atoms with E-state index in [-0.39, 0.29) is 24.0 Å². The fourth-order valence-corrected chi connectivity index (χ4v) is 4.96. The molecule has 2 aromatic carbocycles. The van der Waals surface area contributed by atoms with Gasteiger partial charge in [0.1, 0.15) is 0 Å². The number of piperidine rings is 1. The lowest BCUT2D eigenvalue weighted by Gasteiger charge is -2.31. The van der Waals surface area contributed by atoms with Crippen LogP contribution in [-0.2, 0) is 20.6 Å². The molecule has 1 heterocycles. The second-order valence-corrected chi connectivity index (χ2v) is 9.03. The maximum atomic E-state index is 12.8. The van der Waals surface area contributed by atoms with Crippen LogP contribution in [0.4, 0.5) is 5.69 Å². The molecular weight excluding hydrogens is 376 g/mol. The summed E-state index contributed by atoms with van der Waals surface area (Å²) < 4.78 is 26.9. The zero-order chi connectivity index (χ0) is 20.1. The molecule has 148 valence electrons. The van der Waals surface area contributed by atoms with Crippen LogP contribution < -0.4 is 5.32 Å². The molecule has 0 spiro atoms. The van der Waals surface area contributed by atoms with Gasteiger partial charge in [-0.25, -0.2) is 12.7 Å². The lowest BCUT2D eigenvalue weighted by atomic mass is 9.98. The quantitative estimate of drug-likeness (QED) is 0.756. The summed E-state index contributed by atoms with van der Waals surface area (Å²) in [5.74, 6) is -0.782. The number of benzene rings is 2. The van der Waals surface area contributed by atoms with Crippen molar-refractivity contribution in [3.8, 4) is 0 Å². The van der Waals surface area contributed by atoms with E-state index in [1.54, 1.807) is 36.4 Å². The van der Waals surface area contributed by atoms with E-state index in [2.05, 4.69) is 5.32 Å². The number of nitrogens with one attached hydrogen (secondary N) is 1. The Bertz CT molecular complexity index is 957. The summed E-state index contributed by atoms with van der Waals surface area (Å²) in [5.41, 5.74) is 1.80. The van der Waals surface area contributed by atoms with Crippen molar-refractivity contribution in [2.75, 3.05) is 18.4 Å². The molecule has 2 aromatic rings. The van der Waals surface area contributed by atoms with Crippen LogP contribution in [0.25, 0.3) is 0 Å². The predicted octanol–water partition coefficient (Wildman–Crippen LogP) is 3.07. The molecule has 1 aliphatic heterocycles. The van der Waals surface area contributed by atoms with Gasteiger partial charge >= 0.3 is 0 Å². The average Bonchev–Trinajstić information content (AvgIpc) is 2.68. The molecule has 0 aromatic heterocycles. The standard InChI is InChI=1S/C21H24N2O4S/c1-16(24)18-9-5-11-20(13-18)22-21(25)19-10-6-12-23(14-19)28(26,27)15-17-7-3-2-4-8-17/h2-5,7-9,11,13,19H,6,10,12,14-15H2,1H3,(H,22,25)/t19-/m0/s1. The summed E-state index contributed by atoms with van der Waals surface area (Å²) in [5, 5.41) is 2.82. The Labute approximate surface area is 165 Å². The first kappa shape index (κ1) is 20.2. The van der Waals surface area contributed by atoms with Crippen LogP contribution in [0.1, 0.15) is 35.7 Å². The number of nitrogens with zero attached hydrogens (tertiary/aromatic N) is 1. The molecule has 1 amide bonds. The second-order valence-electron chi connectivity index (χ2n) is 7.07. The van der Waals surface area contributed by atoms with Crippen molar-refractivity contribution in [1.82, 2.24) is 4.31 Å². The molecule has 1 saturated heterocycles. The minimum absolute atomic E-state index is 0.0666. The number of ketones is 1. The smallest absolute Gasteiger partial charge is 0.228 e. The Balaban J connectivity index is 1.66. The molecule has 7 heteroatoms. The van der Waals surface area contributed by atoms with Gasteiger partial charge in [-0.3, -0.25) is 9.59 Å². The summed E-state index contributed by atoms with van der Waals surface area (Å²) >= 11 is 0. The van der Waals surface area contributed by atoms with Gasteiger partial charge in [-0.1, -0.05) is 42.5 Å². The van der Waals surface area contributed by atoms with E-state index in [9.17, 15) is 18.0 Å². The summed E-state index contributed by atoms with van der Waals surface area (Å²) in [4.78, 5) is 24.2. The average molecular weight is 401 g/mol. The predicted molar refractivity (Wildman–Crippen MR) is 108 cm³/mol. The number of amides is 1. The van der Waals surface area contributed by atoms with Gasteiger partial charge in [-0.15, -0.1) is 0 Å². The van der Waals surface area contributed by atoms with E-state index in [4.69, 9.17) is 0 Å². The SMILES string of the molecule is CC(=O)c1cccc(NC(=O)[C@H]2CCCN(S(=O)(=O)Cc3ccccc3)C2)c1. The number of anilines is 1. The van der Waals surface area contributed by atoms with E-state index >= 15 is 0 Å². The molecular formula is C21H24N2O4S. The Morgan fingerprint density at radius 1 is 1.11 bits per heavy atom. The topological polar surface area (TPSA) is 83.6 Å². The van der Waals surface area contributed by atoms with Crippen molar-refractivity contribution in [2.24, 2.45) is 5.92 Å². The first-order valence-corrected chi connectivity index (χ1v) is 10.9. The number of rotatable bonds is 6. The van der Waals surface area contributed by atoms with Crippen LogP contribution in [0.2, 0.25) is 0 Å². The van der Waals surface area contributed by atoms with Gasteiger partial charge < -0.3 is 5.32 Å². The van der Waals surface area contributed by atoms with Crippen LogP contribution in [0, 0.1) is 5.92 Å². The highest BCUT2D eigenvalue weighted by atomic mass is 32.2. The minimum atomic E-state index is -3.48. The molecule has 0 unspecified atom stereocenters. The number of hydrogen-bond acceptors (Lipinski definition) is 4. The molecule has 0 aliphatic carbocycles. The van der Waals surface area contributed by atoms with Gasteiger partial charge in [-0.2, -0.15) is 0 Å². The van der Waals surface area contributed by atoms with Crippen molar-refractivity contribution in [3.05, 3.63) is 65.7 Å². The summed E-state index contributed by atoms with van der Waals surface area (Å²) in [6.45, 7) is 2.07. The van der Waals surface area contributed by atoms with Crippen molar-refractivity contribution in [1.29, 1.82) is 0 Å². The van der Waals surface area contributed by atoms with Crippen LogP contribution >= 0.6 is 0 Å². The highest BCUT2D eigenvalue weighted by Crippen LogP contribution is 2.23. The maximum absolute atomic E-state index is 12.8. The molecule has 28 heavy (non-hydrogen) atoms. The van der Waals surface area contributed by atoms with Crippen molar-refractivity contribution >= 4 is 27.4 Å². The molecule has 0 saturated carbocycles. The van der Waals surface area contributed by atoms with Crippen molar-refractivity contribution in [2.45, 2.75) is 25.5 Å². The zero-order valence-electron chi connectivity index (χ0n) is 15.8. The lowest BCUT2D eigenvalue weighted by Crippen LogP contribution is -2.44. The first-order valence-electron chi connectivity index (χ1n) is 9.29. The monoisotopic (exact) mass is 400 g/mol. The van der Waals surface area contributed by atoms with Crippen LogP contribution in [-0.4, -0.2) is 37.5 Å². The van der Waals surface area contributed by atoms with Gasteiger partial charge in [0.15, 0.2) is 5.78 Å². The number of Topliss-reactive ketones (excluding diaryl/α,β-unsaturated/α-hetero) is 1. The normalized spacial score (nSPS) is 17.8. The molecule has 6 nitrogen and oxygen atoms in total. The molecule has 0 bridgehead atoms. The van der Waals surface area contributed by atoms with Crippen LogP contribution in [0.15, 0.2) is 54.6 Å². The molecule has 3 rings (SSSR count). The first-order chi connectivity index (χ1) is 13.3. The van der Waals surface area contributed by atoms with Gasteiger partial charge in [0.2, 0.25) is 15.9 Å². The summed E-state index contributed by atoms with van der Waals surface area (Å²) in [6, 6.07) is 15.8. The number of sulfonamides is 1.